The first-order valence-electron chi connectivity index (χ1n) is 8.89. The van der Waals surface area contributed by atoms with Crippen molar-refractivity contribution >= 4 is 33.0 Å². The van der Waals surface area contributed by atoms with Crippen molar-refractivity contribution in [1.82, 2.24) is 9.55 Å². The minimum atomic E-state index is -3.56. The molecule has 0 spiro atoms. The van der Waals surface area contributed by atoms with Gasteiger partial charge in [-0.25, -0.2) is 17.8 Å². The zero-order chi connectivity index (χ0) is 21.7. The molecule has 30 heavy (non-hydrogen) atoms. The second kappa shape index (κ2) is 8.87. The van der Waals surface area contributed by atoms with E-state index in [0.29, 0.717) is 12.2 Å². The number of amides is 2. The molecule has 0 aliphatic carbocycles. The number of aryl methyl sites for hydroxylation is 1. The van der Waals surface area contributed by atoms with Gasteiger partial charge in [0.1, 0.15) is 5.82 Å². The molecular weight excluding hydrogens is 411 g/mol. The van der Waals surface area contributed by atoms with E-state index in [2.05, 4.69) is 15.6 Å². The number of aromatic nitrogens is 2. The van der Waals surface area contributed by atoms with Gasteiger partial charge in [-0.3, -0.25) is 9.59 Å². The number of benzene rings is 2. The normalized spacial score (nSPS) is 11.1. The van der Waals surface area contributed by atoms with Crippen LogP contribution in [-0.4, -0.2) is 36.0 Å². The molecule has 8 nitrogen and oxygen atoms in total. The molecule has 2 amide bonds. The largest absolute Gasteiger partial charge is 0.337 e. The van der Waals surface area contributed by atoms with Gasteiger partial charge in [0, 0.05) is 42.9 Å². The van der Waals surface area contributed by atoms with Gasteiger partial charge in [-0.15, -0.1) is 0 Å². The summed E-state index contributed by atoms with van der Waals surface area (Å²) in [4.78, 5) is 28.4. The summed E-state index contributed by atoms with van der Waals surface area (Å²) in [5, 5.41) is 5.06. The van der Waals surface area contributed by atoms with E-state index in [-0.39, 0.29) is 28.5 Å². The summed E-state index contributed by atoms with van der Waals surface area (Å²) >= 11 is 0. The maximum atomic E-state index is 14.0. The van der Waals surface area contributed by atoms with E-state index in [4.69, 9.17) is 0 Å². The van der Waals surface area contributed by atoms with Crippen LogP contribution in [0.3, 0.4) is 0 Å². The van der Waals surface area contributed by atoms with Crippen molar-refractivity contribution in [2.24, 2.45) is 0 Å². The van der Waals surface area contributed by atoms with Crippen LogP contribution in [0.4, 0.5) is 15.8 Å². The van der Waals surface area contributed by atoms with Crippen molar-refractivity contribution in [3.63, 3.8) is 0 Å². The molecule has 0 saturated carbocycles. The van der Waals surface area contributed by atoms with Crippen molar-refractivity contribution in [1.29, 1.82) is 0 Å². The number of carbonyl (C=O) groups excluding carboxylic acids is 2. The third-order valence-corrected chi connectivity index (χ3v) is 5.29. The zero-order valence-corrected chi connectivity index (χ0v) is 16.8. The third-order valence-electron chi connectivity index (χ3n) is 4.18. The molecule has 0 bridgehead atoms. The van der Waals surface area contributed by atoms with Crippen molar-refractivity contribution in [2.75, 3.05) is 16.9 Å². The van der Waals surface area contributed by atoms with Crippen LogP contribution < -0.4 is 10.6 Å². The molecule has 0 fully saturated rings. The lowest BCUT2D eigenvalue weighted by atomic mass is 10.1. The fourth-order valence-corrected chi connectivity index (χ4v) is 3.28. The highest BCUT2D eigenvalue weighted by molar-refractivity contribution is 7.90. The maximum Gasteiger partial charge on any atom is 0.255 e. The molecule has 0 saturated heterocycles. The SMILES string of the molecule is CS(=O)(=O)c1ccc(F)c(NC(=O)c2cccc(NC(=O)CCn3ccnc3)c2)c1. The monoisotopic (exact) mass is 430 g/mol. The number of hydrogen-bond acceptors (Lipinski definition) is 5. The molecule has 2 N–H and O–H groups in total. The third kappa shape index (κ3) is 5.51. The molecule has 0 aliphatic rings. The van der Waals surface area contributed by atoms with E-state index in [9.17, 15) is 22.4 Å². The van der Waals surface area contributed by atoms with Crippen LogP contribution >= 0.6 is 0 Å². The molecule has 156 valence electrons. The van der Waals surface area contributed by atoms with Crippen LogP contribution in [0.5, 0.6) is 0 Å². The van der Waals surface area contributed by atoms with Gasteiger partial charge in [-0.05, 0) is 36.4 Å². The lowest BCUT2D eigenvalue weighted by Crippen LogP contribution is -2.16. The number of nitrogens with one attached hydrogen (secondary N) is 2. The smallest absolute Gasteiger partial charge is 0.255 e. The van der Waals surface area contributed by atoms with E-state index in [1.807, 2.05) is 0 Å². The number of nitrogens with zero attached hydrogens (tertiary/aromatic N) is 2. The molecule has 0 atom stereocenters. The van der Waals surface area contributed by atoms with Crippen molar-refractivity contribution < 1.29 is 22.4 Å². The molecule has 3 rings (SSSR count). The zero-order valence-electron chi connectivity index (χ0n) is 16.0. The Morgan fingerprint density at radius 3 is 2.63 bits per heavy atom. The summed E-state index contributed by atoms with van der Waals surface area (Å²) in [6.45, 7) is 0.460. The number of rotatable bonds is 7. The highest BCUT2D eigenvalue weighted by Crippen LogP contribution is 2.21. The van der Waals surface area contributed by atoms with Gasteiger partial charge in [0.2, 0.25) is 5.91 Å². The van der Waals surface area contributed by atoms with Gasteiger partial charge >= 0.3 is 0 Å². The second-order valence-corrected chi connectivity index (χ2v) is 8.56. The fraction of sp³-hybridized carbons (Fsp3) is 0.150. The lowest BCUT2D eigenvalue weighted by molar-refractivity contribution is -0.116. The summed E-state index contributed by atoms with van der Waals surface area (Å²) in [5.74, 6) is -1.65. The topological polar surface area (TPSA) is 110 Å². The highest BCUT2D eigenvalue weighted by atomic mass is 32.2. The molecule has 0 unspecified atom stereocenters. The van der Waals surface area contributed by atoms with E-state index in [1.54, 1.807) is 35.4 Å². The molecule has 1 heterocycles. The van der Waals surface area contributed by atoms with Crippen molar-refractivity contribution in [3.8, 4) is 0 Å². The first kappa shape index (κ1) is 21.2. The first-order chi connectivity index (χ1) is 14.2. The number of imidazole rings is 1. The maximum absolute atomic E-state index is 14.0. The van der Waals surface area contributed by atoms with E-state index in [0.717, 1.165) is 24.5 Å². The fourth-order valence-electron chi connectivity index (χ4n) is 2.64. The second-order valence-electron chi connectivity index (χ2n) is 6.55. The predicted molar refractivity (Wildman–Crippen MR) is 109 cm³/mol. The number of sulfone groups is 1. The molecule has 10 heteroatoms. The Labute approximate surface area is 172 Å². The molecule has 1 aromatic heterocycles. The summed E-state index contributed by atoms with van der Waals surface area (Å²) in [6, 6.07) is 9.30. The molecule has 3 aromatic rings. The van der Waals surface area contributed by atoms with E-state index in [1.165, 1.54) is 12.1 Å². The molecule has 0 radical (unpaired) electrons. The number of anilines is 2. The Kier molecular flexibility index (Phi) is 6.26. The Bertz CT molecular complexity index is 1180. The summed E-state index contributed by atoms with van der Waals surface area (Å²) in [6.07, 6.45) is 6.18. The van der Waals surface area contributed by atoms with Crippen LogP contribution in [0, 0.1) is 5.82 Å². The van der Waals surface area contributed by atoms with Crippen molar-refractivity contribution in [2.45, 2.75) is 17.9 Å². The van der Waals surface area contributed by atoms with Crippen LogP contribution in [-0.2, 0) is 21.2 Å². The summed E-state index contributed by atoms with van der Waals surface area (Å²) < 4.78 is 39.1. The predicted octanol–water partition coefficient (Wildman–Crippen LogP) is 2.71. The average molecular weight is 430 g/mol. The lowest BCUT2D eigenvalue weighted by Gasteiger charge is -2.10. The quantitative estimate of drug-likeness (QED) is 0.560. The van der Waals surface area contributed by atoms with E-state index >= 15 is 0 Å². The van der Waals surface area contributed by atoms with Crippen molar-refractivity contribution in [3.05, 3.63) is 72.6 Å². The van der Waals surface area contributed by atoms with E-state index < -0.39 is 21.6 Å². The first-order valence-corrected chi connectivity index (χ1v) is 10.8. The Morgan fingerprint density at radius 1 is 1.13 bits per heavy atom. The average Bonchev–Trinajstić information content (AvgIpc) is 3.21. The van der Waals surface area contributed by atoms with Gasteiger partial charge in [-0.1, -0.05) is 6.07 Å². The summed E-state index contributed by atoms with van der Waals surface area (Å²) in [7, 11) is -3.56. The van der Waals surface area contributed by atoms with Gasteiger partial charge in [-0.2, -0.15) is 0 Å². The standard InChI is InChI=1S/C20H19FN4O4S/c1-30(28,29)16-5-6-17(21)18(12-16)24-20(27)14-3-2-4-15(11-14)23-19(26)7-9-25-10-8-22-13-25/h2-6,8,10-13H,7,9H2,1H3,(H,23,26)(H,24,27). The van der Waals surface area contributed by atoms with Crippen LogP contribution in [0.2, 0.25) is 0 Å². The van der Waals surface area contributed by atoms with Gasteiger partial charge < -0.3 is 15.2 Å². The molecule has 2 aromatic carbocycles. The van der Waals surface area contributed by atoms with Crippen LogP contribution in [0.25, 0.3) is 0 Å². The Morgan fingerprint density at radius 2 is 1.93 bits per heavy atom. The molecular formula is C20H19FN4O4S. The Balaban J connectivity index is 1.68. The van der Waals surface area contributed by atoms with Crippen LogP contribution in [0.15, 0.2) is 66.1 Å². The minimum Gasteiger partial charge on any atom is -0.337 e. The van der Waals surface area contributed by atoms with Gasteiger partial charge in [0.15, 0.2) is 9.84 Å². The van der Waals surface area contributed by atoms with Gasteiger partial charge in [0.05, 0.1) is 16.9 Å². The summed E-state index contributed by atoms with van der Waals surface area (Å²) in [5.41, 5.74) is 0.327. The van der Waals surface area contributed by atoms with Gasteiger partial charge in [0.25, 0.3) is 5.91 Å². The Hall–Kier alpha value is -3.53. The van der Waals surface area contributed by atoms with Crippen LogP contribution in [0.1, 0.15) is 16.8 Å². The molecule has 0 aliphatic heterocycles. The number of hydrogen-bond donors (Lipinski definition) is 2. The number of carbonyl (C=O) groups is 2. The minimum absolute atomic E-state index is 0.113. The highest BCUT2D eigenvalue weighted by Gasteiger charge is 2.15. The number of halogens is 1.